The maximum absolute atomic E-state index is 11.0. The number of ketones is 1. The highest BCUT2D eigenvalue weighted by Gasteiger charge is 2.09. The number of hydrogen-bond acceptors (Lipinski definition) is 4. The molecule has 1 aromatic heterocycles. The second-order valence-electron chi connectivity index (χ2n) is 2.43. The first-order valence-electron chi connectivity index (χ1n) is 3.66. The maximum Gasteiger partial charge on any atom is 0.177 e. The highest BCUT2D eigenvalue weighted by molar-refractivity contribution is 5.92. The first-order chi connectivity index (χ1) is 5.70. The molecule has 0 aliphatic carbocycles. The van der Waals surface area contributed by atoms with Crippen LogP contribution in [0.3, 0.4) is 0 Å². The van der Waals surface area contributed by atoms with Crippen molar-refractivity contribution < 1.29 is 4.79 Å². The molecule has 66 valence electrons. The van der Waals surface area contributed by atoms with Crippen LogP contribution in [0.1, 0.15) is 23.2 Å². The van der Waals surface area contributed by atoms with Gasteiger partial charge in [-0.05, 0) is 0 Å². The number of carbonyl (C=O) groups is 1. The fourth-order valence-corrected chi connectivity index (χ4v) is 1.06. The summed E-state index contributed by atoms with van der Waals surface area (Å²) in [7, 11) is 0. The predicted molar refractivity (Wildman–Crippen MR) is 44.3 cm³/mol. The second-order valence-corrected chi connectivity index (χ2v) is 2.43. The molecule has 0 atom stereocenters. The summed E-state index contributed by atoms with van der Waals surface area (Å²) in [5.41, 5.74) is 11.3. The van der Waals surface area contributed by atoms with Gasteiger partial charge in [0.2, 0.25) is 0 Å². The minimum Gasteiger partial charge on any atom is -0.324 e. The van der Waals surface area contributed by atoms with E-state index in [0.29, 0.717) is 18.1 Å². The molecular weight excluding hydrogens is 156 g/mol. The normalized spacial score (nSPS) is 10.2. The van der Waals surface area contributed by atoms with Crippen LogP contribution >= 0.6 is 0 Å². The Kier molecular flexibility index (Phi) is 2.57. The van der Waals surface area contributed by atoms with Crippen LogP contribution in [0.5, 0.6) is 0 Å². The Morgan fingerprint density at radius 1 is 1.67 bits per heavy atom. The molecule has 12 heavy (non-hydrogen) atoms. The van der Waals surface area contributed by atoms with Crippen molar-refractivity contribution in [3.63, 3.8) is 0 Å². The molecule has 0 aliphatic rings. The number of hydrogen-bond donors (Lipinski definition) is 2. The largest absolute Gasteiger partial charge is 0.324 e. The summed E-state index contributed by atoms with van der Waals surface area (Å²) in [6.45, 7) is 2.01. The van der Waals surface area contributed by atoms with Gasteiger partial charge in [0.25, 0.3) is 0 Å². The highest BCUT2D eigenvalue weighted by Crippen LogP contribution is 2.04. The van der Waals surface area contributed by atoms with Crippen LogP contribution < -0.4 is 11.5 Å². The first-order valence-corrected chi connectivity index (χ1v) is 3.66. The number of Topliss-reactive ketones (excluding diaryl/α,β-unsaturated/α-hetero) is 1. The molecule has 1 heterocycles. The molecule has 4 N–H and O–H groups in total. The number of nitrogens with two attached hydrogens (primary N) is 2. The van der Waals surface area contributed by atoms with Gasteiger partial charge in [-0.3, -0.25) is 4.79 Å². The molecule has 0 aromatic carbocycles. The Labute approximate surface area is 70.4 Å². The van der Waals surface area contributed by atoms with E-state index in [9.17, 15) is 4.79 Å². The average molecular weight is 168 g/mol. The Bertz CT molecular complexity index is 292. The molecule has 0 spiro atoms. The van der Waals surface area contributed by atoms with E-state index in [1.807, 2.05) is 0 Å². The lowest BCUT2D eigenvalue weighted by Crippen LogP contribution is -2.17. The zero-order chi connectivity index (χ0) is 9.14. The van der Waals surface area contributed by atoms with Gasteiger partial charge in [-0.25, -0.2) is 4.98 Å². The lowest BCUT2D eigenvalue weighted by atomic mass is 10.3. The Hall–Kier alpha value is -1.20. The molecule has 0 fully saturated rings. The zero-order valence-electron chi connectivity index (χ0n) is 6.95. The predicted octanol–water partition coefficient (Wildman–Crippen LogP) is -0.539. The van der Waals surface area contributed by atoms with Gasteiger partial charge in [0.1, 0.15) is 11.5 Å². The van der Waals surface area contributed by atoms with Gasteiger partial charge >= 0.3 is 0 Å². The molecule has 0 radical (unpaired) electrons. The first kappa shape index (κ1) is 8.89. The number of carbonyl (C=O) groups excluding carboxylic acids is 1. The van der Waals surface area contributed by atoms with Crippen LogP contribution in [-0.2, 0) is 13.2 Å². The summed E-state index contributed by atoms with van der Waals surface area (Å²) in [5.74, 6) is 0.593. The van der Waals surface area contributed by atoms with Crippen LogP contribution in [0.2, 0.25) is 0 Å². The summed E-state index contributed by atoms with van der Waals surface area (Å²) in [5, 5.41) is 0. The van der Waals surface area contributed by atoms with Crippen LogP contribution in [0.25, 0.3) is 0 Å². The van der Waals surface area contributed by atoms with Crippen molar-refractivity contribution in [3.05, 3.63) is 17.7 Å². The second kappa shape index (κ2) is 3.46. The zero-order valence-corrected chi connectivity index (χ0v) is 6.95. The van der Waals surface area contributed by atoms with E-state index in [2.05, 4.69) is 4.98 Å². The van der Waals surface area contributed by atoms with E-state index in [1.165, 1.54) is 13.1 Å². The van der Waals surface area contributed by atoms with E-state index in [1.54, 1.807) is 4.57 Å². The van der Waals surface area contributed by atoms with Crippen molar-refractivity contribution in [3.8, 4) is 0 Å². The van der Waals surface area contributed by atoms with Crippen LogP contribution in [0, 0.1) is 0 Å². The van der Waals surface area contributed by atoms with Crippen LogP contribution in [-0.4, -0.2) is 15.3 Å². The maximum atomic E-state index is 11.0. The summed E-state index contributed by atoms with van der Waals surface area (Å²) in [6, 6.07) is 0. The van der Waals surface area contributed by atoms with Gasteiger partial charge in [0.05, 0.1) is 19.4 Å². The highest BCUT2D eigenvalue weighted by atomic mass is 16.1. The summed E-state index contributed by atoms with van der Waals surface area (Å²) in [6.07, 6.45) is 1.50. The van der Waals surface area contributed by atoms with Crippen molar-refractivity contribution in [2.45, 2.75) is 20.1 Å². The fourth-order valence-electron chi connectivity index (χ4n) is 1.06. The smallest absolute Gasteiger partial charge is 0.177 e. The fraction of sp³-hybridized carbons (Fsp3) is 0.429. The van der Waals surface area contributed by atoms with Crippen molar-refractivity contribution in [1.29, 1.82) is 0 Å². The minimum atomic E-state index is -0.0485. The Morgan fingerprint density at radius 3 is 2.75 bits per heavy atom. The standard InChI is InChI=1S/C7H12N4O/c1-5(12)6-3-10-7(2-8)11(6)4-9/h3H,2,4,8-9H2,1H3. The average Bonchev–Trinajstić information content (AvgIpc) is 2.46. The van der Waals surface area contributed by atoms with Gasteiger partial charge in [-0.1, -0.05) is 0 Å². The summed E-state index contributed by atoms with van der Waals surface area (Å²) in [4.78, 5) is 15.0. The molecule has 1 rings (SSSR count). The lowest BCUT2D eigenvalue weighted by molar-refractivity contribution is 0.100. The van der Waals surface area contributed by atoms with Gasteiger partial charge in [-0.2, -0.15) is 0 Å². The summed E-state index contributed by atoms with van der Waals surface area (Å²) < 4.78 is 1.61. The lowest BCUT2D eigenvalue weighted by Gasteiger charge is -2.04. The molecular formula is C7H12N4O. The molecule has 5 nitrogen and oxygen atoms in total. The van der Waals surface area contributed by atoms with Crippen molar-refractivity contribution >= 4 is 5.78 Å². The number of rotatable bonds is 3. The van der Waals surface area contributed by atoms with Gasteiger partial charge in [0.15, 0.2) is 5.78 Å². The van der Waals surface area contributed by atoms with Crippen molar-refractivity contribution in [2.75, 3.05) is 0 Å². The molecule has 1 aromatic rings. The van der Waals surface area contributed by atoms with E-state index in [-0.39, 0.29) is 12.5 Å². The number of nitrogens with zero attached hydrogens (tertiary/aromatic N) is 2. The molecule has 0 amide bonds. The van der Waals surface area contributed by atoms with E-state index in [0.717, 1.165) is 0 Å². The van der Waals surface area contributed by atoms with E-state index in [4.69, 9.17) is 11.5 Å². The SMILES string of the molecule is CC(=O)c1cnc(CN)n1CN. The summed E-state index contributed by atoms with van der Waals surface area (Å²) >= 11 is 0. The monoisotopic (exact) mass is 168 g/mol. The van der Waals surface area contributed by atoms with Crippen LogP contribution in [0.4, 0.5) is 0 Å². The van der Waals surface area contributed by atoms with Crippen molar-refractivity contribution in [2.24, 2.45) is 11.5 Å². The molecule has 5 heteroatoms. The van der Waals surface area contributed by atoms with E-state index < -0.39 is 0 Å². The number of imidazole rings is 1. The van der Waals surface area contributed by atoms with Crippen molar-refractivity contribution in [1.82, 2.24) is 9.55 Å². The molecule has 0 aliphatic heterocycles. The molecule has 0 saturated carbocycles. The number of aromatic nitrogens is 2. The van der Waals surface area contributed by atoms with Crippen LogP contribution in [0.15, 0.2) is 6.20 Å². The van der Waals surface area contributed by atoms with E-state index >= 15 is 0 Å². The quantitative estimate of drug-likeness (QED) is 0.593. The van der Waals surface area contributed by atoms with Gasteiger partial charge in [-0.15, -0.1) is 0 Å². The van der Waals surface area contributed by atoms with Gasteiger partial charge in [0, 0.05) is 6.92 Å². The molecule has 0 unspecified atom stereocenters. The molecule has 0 bridgehead atoms. The Balaban J connectivity index is 3.13. The topological polar surface area (TPSA) is 86.9 Å². The third kappa shape index (κ3) is 1.37. The third-order valence-corrected chi connectivity index (χ3v) is 1.66. The minimum absolute atomic E-state index is 0.0485. The Morgan fingerprint density at radius 2 is 2.33 bits per heavy atom. The third-order valence-electron chi connectivity index (χ3n) is 1.66. The van der Waals surface area contributed by atoms with Gasteiger partial charge < -0.3 is 16.0 Å². The molecule has 0 saturated heterocycles.